The summed E-state index contributed by atoms with van der Waals surface area (Å²) in [6, 6.07) is 7.64. The van der Waals surface area contributed by atoms with Gasteiger partial charge in [-0.05, 0) is 36.2 Å². The lowest BCUT2D eigenvalue weighted by atomic mass is 9.93. The summed E-state index contributed by atoms with van der Waals surface area (Å²) in [6.07, 6.45) is 0. The first-order valence-electron chi connectivity index (χ1n) is 7.42. The molecule has 0 bridgehead atoms. The number of halogens is 2. The van der Waals surface area contributed by atoms with Crippen LogP contribution in [0.25, 0.3) is 10.6 Å². The van der Waals surface area contributed by atoms with Crippen molar-refractivity contribution in [3.8, 4) is 16.3 Å². The molecule has 8 heteroatoms. The maximum absolute atomic E-state index is 12.5. The van der Waals surface area contributed by atoms with E-state index >= 15 is 0 Å². The van der Waals surface area contributed by atoms with Crippen LogP contribution >= 0.6 is 36.2 Å². The Morgan fingerprint density at radius 3 is 2.40 bits per heavy atom. The number of aromatic nitrogens is 1. The highest BCUT2D eigenvalue weighted by atomic mass is 35.5. The lowest BCUT2D eigenvalue weighted by Crippen LogP contribution is -2.39. The highest BCUT2D eigenvalue weighted by Gasteiger charge is 2.23. The van der Waals surface area contributed by atoms with Crippen LogP contribution in [0.3, 0.4) is 0 Å². The largest absolute Gasteiger partial charge is 0.497 e. The van der Waals surface area contributed by atoms with Crippen LogP contribution in [-0.4, -0.2) is 43.0 Å². The van der Waals surface area contributed by atoms with Crippen molar-refractivity contribution in [1.29, 1.82) is 0 Å². The molecule has 0 unspecified atom stereocenters. The van der Waals surface area contributed by atoms with Crippen LogP contribution in [0, 0.1) is 5.41 Å². The number of carbonyl (C=O) groups is 1. The Hall–Kier alpha value is -1.34. The van der Waals surface area contributed by atoms with Gasteiger partial charge in [0.25, 0.3) is 5.91 Å². The summed E-state index contributed by atoms with van der Waals surface area (Å²) in [7, 11) is 3.42. The van der Waals surface area contributed by atoms with E-state index in [-0.39, 0.29) is 36.1 Å². The Labute approximate surface area is 165 Å². The van der Waals surface area contributed by atoms with Crippen LogP contribution in [-0.2, 0) is 0 Å². The molecule has 25 heavy (non-hydrogen) atoms. The number of nitrogens with zero attached hydrogens (tertiary/aromatic N) is 2. The topological polar surface area (TPSA) is 68.5 Å². The van der Waals surface area contributed by atoms with E-state index in [0.29, 0.717) is 18.8 Å². The number of hydrogen-bond donors (Lipinski definition) is 1. The van der Waals surface area contributed by atoms with Crippen molar-refractivity contribution in [3.63, 3.8) is 0 Å². The molecule has 1 aromatic heterocycles. The van der Waals surface area contributed by atoms with Gasteiger partial charge in [0.15, 0.2) is 0 Å². The second-order valence-corrected chi connectivity index (χ2v) is 7.15. The van der Waals surface area contributed by atoms with Gasteiger partial charge in [0.05, 0.1) is 7.11 Å². The predicted octanol–water partition coefficient (Wildman–Crippen LogP) is 3.72. The molecule has 0 radical (unpaired) electrons. The monoisotopic (exact) mass is 405 g/mol. The zero-order chi connectivity index (χ0) is 17.0. The number of nitrogens with two attached hydrogens (primary N) is 1. The number of rotatable bonds is 6. The molecule has 5 nitrogen and oxygen atoms in total. The van der Waals surface area contributed by atoms with Crippen LogP contribution in [0.1, 0.15) is 24.3 Å². The molecule has 0 spiro atoms. The number of hydrogen-bond acceptors (Lipinski definition) is 5. The fourth-order valence-electron chi connectivity index (χ4n) is 2.21. The number of carbonyl (C=O) groups excluding carboxylic acids is 1. The van der Waals surface area contributed by atoms with Crippen molar-refractivity contribution in [2.75, 3.05) is 27.2 Å². The molecule has 0 fully saturated rings. The maximum Gasteiger partial charge on any atom is 0.273 e. The molecule has 2 N–H and O–H groups in total. The minimum Gasteiger partial charge on any atom is -0.497 e. The van der Waals surface area contributed by atoms with Crippen molar-refractivity contribution in [1.82, 2.24) is 9.88 Å². The van der Waals surface area contributed by atoms with E-state index in [1.807, 2.05) is 38.1 Å². The minimum atomic E-state index is -0.112. The van der Waals surface area contributed by atoms with Crippen LogP contribution in [0.15, 0.2) is 29.6 Å². The summed E-state index contributed by atoms with van der Waals surface area (Å²) in [5.74, 6) is 0.716. The van der Waals surface area contributed by atoms with E-state index < -0.39 is 0 Å². The Bertz CT molecular complexity index is 675. The van der Waals surface area contributed by atoms with Crippen molar-refractivity contribution in [3.05, 3.63) is 35.3 Å². The second kappa shape index (κ2) is 9.97. The first-order chi connectivity index (χ1) is 10.9. The number of benzene rings is 1. The first kappa shape index (κ1) is 23.7. The summed E-state index contributed by atoms with van der Waals surface area (Å²) in [5, 5.41) is 2.62. The van der Waals surface area contributed by atoms with Crippen molar-refractivity contribution in [2.45, 2.75) is 13.8 Å². The Balaban J connectivity index is 0.00000288. The maximum atomic E-state index is 12.5. The predicted molar refractivity (Wildman–Crippen MR) is 108 cm³/mol. The third-order valence-electron chi connectivity index (χ3n) is 3.62. The average molecular weight is 406 g/mol. The van der Waals surface area contributed by atoms with E-state index in [4.69, 9.17) is 10.5 Å². The molecule has 0 saturated carbocycles. The number of thiazole rings is 1. The summed E-state index contributed by atoms with van der Waals surface area (Å²) in [5.41, 5.74) is 7.06. The number of amides is 1. The van der Waals surface area contributed by atoms with Gasteiger partial charge in [-0.3, -0.25) is 4.79 Å². The minimum absolute atomic E-state index is 0. The van der Waals surface area contributed by atoms with E-state index in [1.165, 1.54) is 11.3 Å². The van der Waals surface area contributed by atoms with E-state index in [9.17, 15) is 4.79 Å². The molecule has 1 heterocycles. The van der Waals surface area contributed by atoms with Crippen molar-refractivity contribution in [2.24, 2.45) is 11.1 Å². The second-order valence-electron chi connectivity index (χ2n) is 6.30. The van der Waals surface area contributed by atoms with Crippen molar-refractivity contribution >= 4 is 42.1 Å². The van der Waals surface area contributed by atoms with Crippen LogP contribution in [0.4, 0.5) is 0 Å². The van der Waals surface area contributed by atoms with Gasteiger partial charge in [-0.1, -0.05) is 13.8 Å². The van der Waals surface area contributed by atoms with Gasteiger partial charge >= 0.3 is 0 Å². The molecular weight excluding hydrogens is 381 g/mol. The van der Waals surface area contributed by atoms with Gasteiger partial charge in [0.2, 0.25) is 0 Å². The fraction of sp³-hybridized carbons (Fsp3) is 0.412. The van der Waals surface area contributed by atoms with E-state index in [2.05, 4.69) is 4.98 Å². The Kier molecular flexibility index (Phi) is 9.43. The lowest BCUT2D eigenvalue weighted by molar-refractivity contribution is 0.0735. The smallest absolute Gasteiger partial charge is 0.273 e. The van der Waals surface area contributed by atoms with Gasteiger partial charge in [0.1, 0.15) is 16.5 Å². The number of methoxy groups -OCH3 is 1. The summed E-state index contributed by atoms with van der Waals surface area (Å²) >= 11 is 1.46. The summed E-state index contributed by atoms with van der Waals surface area (Å²) in [4.78, 5) is 18.6. The molecule has 0 aliphatic carbocycles. The van der Waals surface area contributed by atoms with E-state index in [0.717, 1.165) is 16.3 Å². The van der Waals surface area contributed by atoms with Crippen LogP contribution < -0.4 is 10.5 Å². The normalized spacial score (nSPS) is 10.4. The first-order valence-corrected chi connectivity index (χ1v) is 8.30. The molecule has 2 aromatic rings. The number of ether oxygens (including phenoxy) is 1. The van der Waals surface area contributed by atoms with Gasteiger partial charge in [0, 0.05) is 24.5 Å². The van der Waals surface area contributed by atoms with Gasteiger partial charge in [-0.15, -0.1) is 36.2 Å². The van der Waals surface area contributed by atoms with Gasteiger partial charge in [-0.2, -0.15) is 0 Å². The van der Waals surface area contributed by atoms with Crippen LogP contribution in [0.2, 0.25) is 0 Å². The summed E-state index contributed by atoms with van der Waals surface area (Å²) < 4.78 is 5.15. The molecule has 1 aromatic carbocycles. The molecule has 1 amide bonds. The zero-order valence-electron chi connectivity index (χ0n) is 14.8. The molecule has 0 aliphatic rings. The third kappa shape index (κ3) is 6.15. The van der Waals surface area contributed by atoms with E-state index in [1.54, 1.807) is 24.4 Å². The highest BCUT2D eigenvalue weighted by molar-refractivity contribution is 7.13. The third-order valence-corrected chi connectivity index (χ3v) is 4.52. The lowest BCUT2D eigenvalue weighted by Gasteiger charge is -2.28. The molecule has 140 valence electrons. The molecule has 0 atom stereocenters. The highest BCUT2D eigenvalue weighted by Crippen LogP contribution is 2.26. The fourth-order valence-corrected chi connectivity index (χ4v) is 3.01. The molecular formula is C17H25Cl2N3O2S. The Morgan fingerprint density at radius 1 is 1.28 bits per heavy atom. The summed E-state index contributed by atoms with van der Waals surface area (Å²) in [6.45, 7) is 5.21. The van der Waals surface area contributed by atoms with Crippen molar-refractivity contribution < 1.29 is 9.53 Å². The Morgan fingerprint density at radius 2 is 1.88 bits per heavy atom. The quantitative estimate of drug-likeness (QED) is 0.794. The molecule has 2 rings (SSSR count). The van der Waals surface area contributed by atoms with Gasteiger partial charge < -0.3 is 15.4 Å². The van der Waals surface area contributed by atoms with Crippen LogP contribution in [0.5, 0.6) is 5.75 Å². The average Bonchev–Trinajstić information content (AvgIpc) is 3.03. The molecule has 0 aliphatic heterocycles. The zero-order valence-corrected chi connectivity index (χ0v) is 17.3. The SMILES string of the molecule is COc1ccc(-c2nc(C(=O)N(C)CC(C)(C)CN)cs2)cc1.Cl.Cl. The standard InChI is InChI=1S/C17H23N3O2S.2ClH/c1-17(2,10-18)11-20(3)16(21)14-9-23-15(19-14)12-5-7-13(22-4)8-6-12;;/h5-9H,10-11,18H2,1-4H3;2*1H. The van der Waals surface area contributed by atoms with Gasteiger partial charge in [-0.25, -0.2) is 4.98 Å². The molecule has 0 saturated heterocycles.